The number of esters is 2. The third-order valence-electron chi connectivity index (χ3n) is 2.51. The second-order valence-electron chi connectivity index (χ2n) is 4.86. The summed E-state index contributed by atoms with van der Waals surface area (Å²) in [6.45, 7) is 7.01. The molecule has 0 saturated carbocycles. The molecule has 0 atom stereocenters. The number of rotatable bonds is 10. The molecule has 0 unspecified atom stereocenters. The van der Waals surface area contributed by atoms with Gasteiger partial charge in [0.25, 0.3) is 0 Å². The van der Waals surface area contributed by atoms with Crippen LogP contribution in [0.3, 0.4) is 0 Å². The monoisotopic (exact) mass is 258 g/mol. The lowest BCUT2D eigenvalue weighted by atomic mass is 10.1. The van der Waals surface area contributed by atoms with Gasteiger partial charge in [0.1, 0.15) is 6.42 Å². The molecule has 0 aromatic heterocycles. The second kappa shape index (κ2) is 11.1. The highest BCUT2D eigenvalue weighted by Gasteiger charge is 2.11. The Morgan fingerprint density at radius 1 is 0.944 bits per heavy atom. The van der Waals surface area contributed by atoms with Crippen LogP contribution in [0, 0.1) is 5.92 Å². The summed E-state index contributed by atoms with van der Waals surface area (Å²) in [5.41, 5.74) is 0. The summed E-state index contributed by atoms with van der Waals surface area (Å²) in [4.78, 5) is 22.5. The van der Waals surface area contributed by atoms with Crippen molar-refractivity contribution in [3.63, 3.8) is 0 Å². The van der Waals surface area contributed by atoms with E-state index in [-0.39, 0.29) is 6.42 Å². The number of ether oxygens (including phenoxy) is 2. The van der Waals surface area contributed by atoms with Crippen LogP contribution < -0.4 is 0 Å². The average Bonchev–Trinajstić information content (AvgIpc) is 2.28. The van der Waals surface area contributed by atoms with Gasteiger partial charge in [0.05, 0.1) is 13.2 Å². The van der Waals surface area contributed by atoms with Gasteiger partial charge < -0.3 is 9.47 Å². The first kappa shape index (κ1) is 16.9. The van der Waals surface area contributed by atoms with Crippen LogP contribution in [-0.4, -0.2) is 25.2 Å². The molecule has 0 radical (unpaired) electrons. The van der Waals surface area contributed by atoms with E-state index in [0.29, 0.717) is 19.1 Å². The lowest BCUT2D eigenvalue weighted by Crippen LogP contribution is -2.15. The predicted octanol–water partition coefficient (Wildman–Crippen LogP) is 3.09. The number of hydrogen-bond donors (Lipinski definition) is 0. The van der Waals surface area contributed by atoms with E-state index in [9.17, 15) is 9.59 Å². The number of carbonyl (C=O) groups excluding carboxylic acids is 2. The van der Waals surface area contributed by atoms with E-state index in [0.717, 1.165) is 32.1 Å². The minimum absolute atomic E-state index is 0.272. The van der Waals surface area contributed by atoms with Gasteiger partial charge in [-0.15, -0.1) is 0 Å². The summed E-state index contributed by atoms with van der Waals surface area (Å²) in [5, 5.41) is 0. The molecule has 0 heterocycles. The van der Waals surface area contributed by atoms with Gasteiger partial charge in [0.2, 0.25) is 0 Å². The molecular formula is C14H26O4. The van der Waals surface area contributed by atoms with E-state index in [2.05, 4.69) is 20.8 Å². The van der Waals surface area contributed by atoms with Crippen LogP contribution in [0.4, 0.5) is 0 Å². The van der Waals surface area contributed by atoms with Crippen LogP contribution in [0.15, 0.2) is 0 Å². The first-order valence-electron chi connectivity index (χ1n) is 6.87. The zero-order valence-corrected chi connectivity index (χ0v) is 11.9. The molecule has 106 valence electrons. The van der Waals surface area contributed by atoms with Gasteiger partial charge in [-0.3, -0.25) is 9.59 Å². The van der Waals surface area contributed by atoms with E-state index < -0.39 is 11.9 Å². The fourth-order valence-electron chi connectivity index (χ4n) is 1.34. The normalized spacial score (nSPS) is 10.4. The first-order valence-corrected chi connectivity index (χ1v) is 6.87. The van der Waals surface area contributed by atoms with Crippen LogP contribution in [0.25, 0.3) is 0 Å². The van der Waals surface area contributed by atoms with Crippen LogP contribution in [0.5, 0.6) is 0 Å². The fraction of sp³-hybridized carbons (Fsp3) is 0.857. The molecule has 0 amide bonds. The van der Waals surface area contributed by atoms with Crippen molar-refractivity contribution in [3.05, 3.63) is 0 Å². The van der Waals surface area contributed by atoms with Gasteiger partial charge >= 0.3 is 11.9 Å². The van der Waals surface area contributed by atoms with Gasteiger partial charge in [0.15, 0.2) is 0 Å². The molecule has 18 heavy (non-hydrogen) atoms. The highest BCUT2D eigenvalue weighted by atomic mass is 16.6. The Morgan fingerprint density at radius 2 is 1.56 bits per heavy atom. The van der Waals surface area contributed by atoms with Crippen molar-refractivity contribution in [2.75, 3.05) is 13.2 Å². The van der Waals surface area contributed by atoms with Gasteiger partial charge in [-0.25, -0.2) is 0 Å². The molecule has 0 saturated heterocycles. The molecule has 0 aromatic carbocycles. The largest absolute Gasteiger partial charge is 0.465 e. The second-order valence-corrected chi connectivity index (χ2v) is 4.86. The quantitative estimate of drug-likeness (QED) is 0.343. The number of carbonyl (C=O) groups is 2. The summed E-state index contributed by atoms with van der Waals surface area (Å²) < 4.78 is 9.88. The SMILES string of the molecule is CCCCCCOC(=O)CC(=O)OCCC(C)C. The Bertz CT molecular complexity index is 236. The Balaban J connectivity index is 3.46. The first-order chi connectivity index (χ1) is 8.56. The zero-order chi connectivity index (χ0) is 13.8. The molecule has 0 aliphatic rings. The zero-order valence-electron chi connectivity index (χ0n) is 11.9. The van der Waals surface area contributed by atoms with Crippen molar-refractivity contribution in [2.45, 2.75) is 59.3 Å². The number of hydrogen-bond acceptors (Lipinski definition) is 4. The maximum atomic E-state index is 11.3. The molecule has 0 aliphatic heterocycles. The van der Waals surface area contributed by atoms with Crippen molar-refractivity contribution in [1.82, 2.24) is 0 Å². The van der Waals surface area contributed by atoms with E-state index in [1.54, 1.807) is 0 Å². The minimum Gasteiger partial charge on any atom is -0.465 e. The Kier molecular flexibility index (Phi) is 10.4. The van der Waals surface area contributed by atoms with Crippen molar-refractivity contribution in [2.24, 2.45) is 5.92 Å². The van der Waals surface area contributed by atoms with Crippen LogP contribution in [0.2, 0.25) is 0 Å². The summed E-state index contributed by atoms with van der Waals surface area (Å²) in [5.74, 6) is -0.487. The maximum Gasteiger partial charge on any atom is 0.317 e. The smallest absolute Gasteiger partial charge is 0.317 e. The average molecular weight is 258 g/mol. The summed E-state index contributed by atoms with van der Waals surface area (Å²) >= 11 is 0. The maximum absolute atomic E-state index is 11.3. The third kappa shape index (κ3) is 11.4. The van der Waals surface area contributed by atoms with E-state index in [4.69, 9.17) is 9.47 Å². The summed E-state index contributed by atoms with van der Waals surface area (Å²) in [6.07, 6.45) is 4.76. The molecule has 0 spiro atoms. The van der Waals surface area contributed by atoms with Gasteiger partial charge in [-0.05, 0) is 18.8 Å². The van der Waals surface area contributed by atoms with Crippen LogP contribution in [-0.2, 0) is 19.1 Å². The van der Waals surface area contributed by atoms with Crippen molar-refractivity contribution in [1.29, 1.82) is 0 Å². The molecule has 0 N–H and O–H groups in total. The summed E-state index contributed by atoms with van der Waals surface area (Å²) in [6, 6.07) is 0. The fourth-order valence-corrected chi connectivity index (χ4v) is 1.34. The lowest BCUT2D eigenvalue weighted by molar-refractivity contribution is -0.154. The van der Waals surface area contributed by atoms with E-state index in [1.165, 1.54) is 0 Å². The van der Waals surface area contributed by atoms with E-state index >= 15 is 0 Å². The van der Waals surface area contributed by atoms with Crippen molar-refractivity contribution in [3.8, 4) is 0 Å². The minimum atomic E-state index is -0.491. The Morgan fingerprint density at radius 3 is 2.11 bits per heavy atom. The molecule has 0 bridgehead atoms. The Hall–Kier alpha value is -1.06. The number of unbranched alkanes of at least 4 members (excludes halogenated alkanes) is 3. The highest BCUT2D eigenvalue weighted by Crippen LogP contribution is 2.02. The molecule has 0 rings (SSSR count). The van der Waals surface area contributed by atoms with Crippen LogP contribution >= 0.6 is 0 Å². The summed E-state index contributed by atoms with van der Waals surface area (Å²) in [7, 11) is 0. The molecule has 0 aliphatic carbocycles. The van der Waals surface area contributed by atoms with Gasteiger partial charge in [-0.2, -0.15) is 0 Å². The van der Waals surface area contributed by atoms with E-state index in [1.807, 2.05) is 0 Å². The molecule has 0 aromatic rings. The van der Waals surface area contributed by atoms with Crippen molar-refractivity contribution < 1.29 is 19.1 Å². The third-order valence-corrected chi connectivity index (χ3v) is 2.51. The predicted molar refractivity (Wildman–Crippen MR) is 70.1 cm³/mol. The van der Waals surface area contributed by atoms with Crippen LogP contribution in [0.1, 0.15) is 59.3 Å². The molecule has 0 fully saturated rings. The molecular weight excluding hydrogens is 232 g/mol. The van der Waals surface area contributed by atoms with Gasteiger partial charge in [-0.1, -0.05) is 40.0 Å². The Labute approximate surface area is 110 Å². The highest BCUT2D eigenvalue weighted by molar-refractivity contribution is 5.91. The topological polar surface area (TPSA) is 52.6 Å². The molecule has 4 heteroatoms. The van der Waals surface area contributed by atoms with Crippen molar-refractivity contribution >= 4 is 11.9 Å². The standard InChI is InChI=1S/C14H26O4/c1-4-5-6-7-9-17-13(15)11-14(16)18-10-8-12(2)3/h12H,4-11H2,1-3H3. The lowest BCUT2D eigenvalue weighted by Gasteiger charge is -2.07. The van der Waals surface area contributed by atoms with Gasteiger partial charge in [0, 0.05) is 0 Å². The molecule has 4 nitrogen and oxygen atoms in total.